The summed E-state index contributed by atoms with van der Waals surface area (Å²) in [4.78, 5) is 29.4. The van der Waals surface area contributed by atoms with E-state index < -0.39 is 0 Å². The van der Waals surface area contributed by atoms with Gasteiger partial charge < -0.3 is 9.73 Å². The molecule has 0 fully saturated rings. The molecule has 0 aliphatic heterocycles. The SMILES string of the molecule is Cc1nc2c(cnn2-c2ccc(F)cc2)c(=O)n1CCC(=O)NCc1ccco1. The number of hydrogen-bond acceptors (Lipinski definition) is 5. The van der Waals surface area contributed by atoms with Gasteiger partial charge in [0.05, 0.1) is 24.7 Å². The summed E-state index contributed by atoms with van der Waals surface area (Å²) < 4.78 is 21.3. The van der Waals surface area contributed by atoms with Crippen LogP contribution in [-0.4, -0.2) is 25.2 Å². The van der Waals surface area contributed by atoms with Gasteiger partial charge in [-0.05, 0) is 43.3 Å². The van der Waals surface area contributed by atoms with Gasteiger partial charge in [-0.2, -0.15) is 5.10 Å². The Morgan fingerprint density at radius 3 is 2.76 bits per heavy atom. The number of nitrogens with one attached hydrogen (secondary N) is 1. The van der Waals surface area contributed by atoms with E-state index in [1.54, 1.807) is 31.2 Å². The second-order valence-corrected chi connectivity index (χ2v) is 6.49. The van der Waals surface area contributed by atoms with Crippen molar-refractivity contribution in [2.45, 2.75) is 26.4 Å². The molecule has 0 saturated carbocycles. The second-order valence-electron chi connectivity index (χ2n) is 6.49. The van der Waals surface area contributed by atoms with E-state index in [1.807, 2.05) is 0 Å². The van der Waals surface area contributed by atoms with Gasteiger partial charge in [0.15, 0.2) is 5.65 Å². The van der Waals surface area contributed by atoms with Crippen LogP contribution in [0, 0.1) is 12.7 Å². The zero-order chi connectivity index (χ0) is 20.4. The highest BCUT2D eigenvalue weighted by Crippen LogP contribution is 2.15. The van der Waals surface area contributed by atoms with Crippen LogP contribution < -0.4 is 10.9 Å². The number of aromatic nitrogens is 4. The summed E-state index contributed by atoms with van der Waals surface area (Å²) in [5.74, 6) is 0.560. The van der Waals surface area contributed by atoms with Crippen LogP contribution in [0.1, 0.15) is 18.0 Å². The first-order valence-corrected chi connectivity index (χ1v) is 9.03. The average molecular weight is 395 g/mol. The molecule has 0 atom stereocenters. The Bertz CT molecular complexity index is 1210. The van der Waals surface area contributed by atoms with Crippen molar-refractivity contribution in [3.05, 3.63) is 76.6 Å². The number of carbonyl (C=O) groups excluding carboxylic acids is 1. The number of nitrogens with zero attached hydrogens (tertiary/aromatic N) is 4. The van der Waals surface area contributed by atoms with Gasteiger partial charge in [-0.3, -0.25) is 14.2 Å². The topological polar surface area (TPSA) is 95.0 Å². The van der Waals surface area contributed by atoms with Gasteiger partial charge in [-0.1, -0.05) is 0 Å². The fourth-order valence-corrected chi connectivity index (χ4v) is 3.04. The third kappa shape index (κ3) is 3.79. The number of carbonyl (C=O) groups is 1. The number of halogens is 1. The molecule has 4 aromatic rings. The minimum atomic E-state index is -0.359. The molecule has 0 saturated heterocycles. The maximum Gasteiger partial charge on any atom is 0.264 e. The van der Waals surface area contributed by atoms with Gasteiger partial charge in [0.1, 0.15) is 22.8 Å². The molecule has 0 unspecified atom stereocenters. The van der Waals surface area contributed by atoms with Gasteiger partial charge in [-0.25, -0.2) is 14.1 Å². The number of amides is 1. The smallest absolute Gasteiger partial charge is 0.264 e. The predicted molar refractivity (Wildman–Crippen MR) is 103 cm³/mol. The molecule has 8 nitrogen and oxygen atoms in total. The second kappa shape index (κ2) is 7.70. The number of rotatable bonds is 6. The summed E-state index contributed by atoms with van der Waals surface area (Å²) >= 11 is 0. The van der Waals surface area contributed by atoms with E-state index in [9.17, 15) is 14.0 Å². The summed E-state index contributed by atoms with van der Waals surface area (Å²) in [6.45, 7) is 2.18. The lowest BCUT2D eigenvalue weighted by Crippen LogP contribution is -2.28. The molecular formula is C20H18FN5O3. The van der Waals surface area contributed by atoms with Crippen molar-refractivity contribution in [2.24, 2.45) is 0 Å². The molecule has 3 heterocycles. The van der Waals surface area contributed by atoms with Gasteiger partial charge in [0.25, 0.3) is 5.56 Å². The monoisotopic (exact) mass is 395 g/mol. The normalized spacial score (nSPS) is 11.1. The van der Waals surface area contributed by atoms with E-state index >= 15 is 0 Å². The van der Waals surface area contributed by atoms with Gasteiger partial charge in [0.2, 0.25) is 5.91 Å². The van der Waals surface area contributed by atoms with Crippen molar-refractivity contribution in [3.63, 3.8) is 0 Å². The van der Waals surface area contributed by atoms with Crippen LogP contribution in [0.2, 0.25) is 0 Å². The van der Waals surface area contributed by atoms with Crippen molar-refractivity contribution >= 4 is 16.9 Å². The standard InChI is InChI=1S/C20H18FN5O3/c1-13-24-19-17(12-23-26(19)15-6-4-14(21)5-7-15)20(28)25(13)9-8-18(27)22-11-16-3-2-10-29-16/h2-7,10,12H,8-9,11H2,1H3,(H,22,27). The lowest BCUT2D eigenvalue weighted by atomic mass is 10.3. The maximum absolute atomic E-state index is 13.2. The highest BCUT2D eigenvalue weighted by atomic mass is 19.1. The third-order valence-electron chi connectivity index (χ3n) is 4.55. The minimum Gasteiger partial charge on any atom is -0.467 e. The summed E-state index contributed by atoms with van der Waals surface area (Å²) in [6, 6.07) is 9.28. The number of furan rings is 1. The molecule has 0 spiro atoms. The van der Waals surface area contributed by atoms with Crippen molar-refractivity contribution in [2.75, 3.05) is 0 Å². The zero-order valence-corrected chi connectivity index (χ0v) is 15.6. The quantitative estimate of drug-likeness (QED) is 0.541. The van der Waals surface area contributed by atoms with Crippen LogP contribution in [0.5, 0.6) is 0 Å². The molecule has 1 N–H and O–H groups in total. The van der Waals surface area contributed by atoms with E-state index in [2.05, 4.69) is 15.4 Å². The van der Waals surface area contributed by atoms with Crippen LogP contribution in [0.15, 0.2) is 58.1 Å². The lowest BCUT2D eigenvalue weighted by Gasteiger charge is -2.10. The summed E-state index contributed by atoms with van der Waals surface area (Å²) in [6.07, 6.45) is 3.10. The molecule has 0 aliphatic carbocycles. The molecule has 3 aromatic heterocycles. The van der Waals surface area contributed by atoms with Crippen LogP contribution in [0.3, 0.4) is 0 Å². The zero-order valence-electron chi connectivity index (χ0n) is 15.6. The van der Waals surface area contributed by atoms with E-state index in [4.69, 9.17) is 4.42 Å². The highest BCUT2D eigenvalue weighted by molar-refractivity contribution is 5.76. The Kier molecular flexibility index (Phi) is 4.94. The first-order chi connectivity index (χ1) is 14.0. The van der Waals surface area contributed by atoms with E-state index in [0.717, 1.165) is 0 Å². The number of aryl methyl sites for hydroxylation is 1. The van der Waals surface area contributed by atoms with Crippen LogP contribution in [0.25, 0.3) is 16.7 Å². The van der Waals surface area contributed by atoms with E-state index in [1.165, 1.54) is 33.8 Å². The Labute approximate surface area is 164 Å². The maximum atomic E-state index is 13.2. The first-order valence-electron chi connectivity index (χ1n) is 9.03. The summed E-state index contributed by atoms with van der Waals surface area (Å²) in [7, 11) is 0. The fourth-order valence-electron chi connectivity index (χ4n) is 3.04. The fraction of sp³-hybridized carbons (Fsp3) is 0.200. The van der Waals surface area contributed by atoms with Gasteiger partial charge in [-0.15, -0.1) is 0 Å². The number of fused-ring (bicyclic) bond motifs is 1. The highest BCUT2D eigenvalue weighted by Gasteiger charge is 2.15. The Hall–Kier alpha value is -3.75. The molecule has 29 heavy (non-hydrogen) atoms. The molecule has 1 aromatic carbocycles. The molecule has 1 amide bonds. The van der Waals surface area contributed by atoms with Crippen LogP contribution in [-0.2, 0) is 17.9 Å². The molecule has 0 bridgehead atoms. The van der Waals surface area contributed by atoms with Crippen molar-refractivity contribution in [3.8, 4) is 5.69 Å². The Morgan fingerprint density at radius 2 is 2.03 bits per heavy atom. The molecule has 0 aliphatic rings. The number of benzene rings is 1. The predicted octanol–water partition coefficient (Wildman–Crippen LogP) is 2.33. The largest absolute Gasteiger partial charge is 0.467 e. The summed E-state index contributed by atoms with van der Waals surface area (Å²) in [5, 5.41) is 7.30. The van der Waals surface area contributed by atoms with Crippen LogP contribution in [0.4, 0.5) is 4.39 Å². The average Bonchev–Trinajstić information content (AvgIpc) is 3.37. The molecule has 148 valence electrons. The van der Waals surface area contributed by atoms with Crippen molar-refractivity contribution in [1.29, 1.82) is 0 Å². The molecule has 4 rings (SSSR count). The van der Waals surface area contributed by atoms with Crippen molar-refractivity contribution < 1.29 is 13.6 Å². The minimum absolute atomic E-state index is 0.126. The molecular weight excluding hydrogens is 377 g/mol. The van der Waals surface area contributed by atoms with E-state index in [-0.39, 0.29) is 30.2 Å². The van der Waals surface area contributed by atoms with Crippen molar-refractivity contribution in [1.82, 2.24) is 24.6 Å². The third-order valence-corrected chi connectivity index (χ3v) is 4.55. The number of hydrogen-bond donors (Lipinski definition) is 1. The lowest BCUT2D eigenvalue weighted by molar-refractivity contribution is -0.121. The Balaban J connectivity index is 1.54. The Morgan fingerprint density at radius 1 is 1.24 bits per heavy atom. The van der Waals surface area contributed by atoms with E-state index in [0.29, 0.717) is 34.9 Å². The van der Waals surface area contributed by atoms with Gasteiger partial charge in [0, 0.05) is 13.0 Å². The molecule has 0 radical (unpaired) electrons. The van der Waals surface area contributed by atoms with Crippen LogP contribution >= 0.6 is 0 Å². The molecule has 9 heteroatoms. The van der Waals surface area contributed by atoms with Gasteiger partial charge >= 0.3 is 0 Å². The summed E-state index contributed by atoms with van der Waals surface area (Å²) in [5.41, 5.74) is 0.708. The first kappa shape index (κ1) is 18.6.